The molecule has 2 aromatic carbocycles. The average molecular weight is 391 g/mol. The van der Waals surface area contributed by atoms with Crippen molar-refractivity contribution >= 4 is 16.9 Å². The summed E-state index contributed by atoms with van der Waals surface area (Å²) in [5, 5.41) is 0. The molecule has 1 fully saturated rings. The molecule has 150 valence electrons. The zero-order valence-electron chi connectivity index (χ0n) is 17.0. The van der Waals surface area contributed by atoms with Crippen molar-refractivity contribution in [1.82, 2.24) is 14.5 Å². The van der Waals surface area contributed by atoms with Crippen LogP contribution in [0.2, 0.25) is 0 Å². The molecule has 0 N–H and O–H groups in total. The molecule has 1 aliphatic rings. The molecular formula is C23H25N3O3. The molecule has 6 nitrogen and oxygen atoms in total. The highest BCUT2D eigenvalue weighted by molar-refractivity contribution is 5.97. The first kappa shape index (κ1) is 19.2. The first-order valence-corrected chi connectivity index (χ1v) is 9.97. The van der Waals surface area contributed by atoms with Crippen LogP contribution in [0.3, 0.4) is 0 Å². The Balaban J connectivity index is 1.66. The fraction of sp³-hybridized carbons (Fsp3) is 0.348. The lowest BCUT2D eigenvalue weighted by atomic mass is 10.1. The highest BCUT2D eigenvalue weighted by atomic mass is 16.5. The van der Waals surface area contributed by atoms with Gasteiger partial charge in [0.05, 0.1) is 18.1 Å². The smallest absolute Gasteiger partial charge is 0.272 e. The summed E-state index contributed by atoms with van der Waals surface area (Å²) in [6, 6.07) is 13.5. The second kappa shape index (κ2) is 7.70. The summed E-state index contributed by atoms with van der Waals surface area (Å²) in [6.45, 7) is 4.77. The van der Waals surface area contributed by atoms with Gasteiger partial charge in [-0.15, -0.1) is 0 Å². The second-order valence-electron chi connectivity index (χ2n) is 7.46. The van der Waals surface area contributed by atoms with E-state index in [1.54, 1.807) is 30.7 Å². The van der Waals surface area contributed by atoms with Gasteiger partial charge >= 0.3 is 0 Å². The molecule has 6 heteroatoms. The van der Waals surface area contributed by atoms with Gasteiger partial charge in [0.2, 0.25) is 0 Å². The Labute approximate surface area is 169 Å². The molecule has 1 amide bonds. The summed E-state index contributed by atoms with van der Waals surface area (Å²) in [7, 11) is 1.64. The zero-order chi connectivity index (χ0) is 20.5. The molecule has 0 atom stereocenters. The Kier molecular flexibility index (Phi) is 5.09. The number of aryl methyl sites for hydroxylation is 2. The van der Waals surface area contributed by atoms with Crippen molar-refractivity contribution in [3.8, 4) is 5.75 Å². The molecule has 0 bridgehead atoms. The van der Waals surface area contributed by atoms with Crippen LogP contribution in [0.25, 0.3) is 11.0 Å². The Hall–Kier alpha value is -3.15. The van der Waals surface area contributed by atoms with Crippen LogP contribution in [0.1, 0.15) is 41.4 Å². The van der Waals surface area contributed by atoms with Crippen LogP contribution in [-0.2, 0) is 13.1 Å². The van der Waals surface area contributed by atoms with Crippen molar-refractivity contribution in [3.05, 3.63) is 69.6 Å². The minimum Gasteiger partial charge on any atom is -0.497 e. The lowest BCUT2D eigenvalue weighted by Crippen LogP contribution is -2.32. The molecule has 0 radical (unpaired) electrons. The molecular weight excluding hydrogens is 366 g/mol. The zero-order valence-corrected chi connectivity index (χ0v) is 17.0. The predicted octanol–water partition coefficient (Wildman–Crippen LogP) is 3.54. The van der Waals surface area contributed by atoms with Crippen molar-refractivity contribution in [2.24, 2.45) is 0 Å². The summed E-state index contributed by atoms with van der Waals surface area (Å²) < 4.78 is 6.91. The third-order valence-electron chi connectivity index (χ3n) is 5.43. The van der Waals surface area contributed by atoms with E-state index >= 15 is 0 Å². The molecule has 1 aliphatic carbocycles. The summed E-state index contributed by atoms with van der Waals surface area (Å²) >= 11 is 0. The van der Waals surface area contributed by atoms with Crippen molar-refractivity contribution < 1.29 is 9.53 Å². The van der Waals surface area contributed by atoms with Crippen molar-refractivity contribution in [1.29, 1.82) is 0 Å². The van der Waals surface area contributed by atoms with Crippen LogP contribution in [0.5, 0.6) is 5.75 Å². The number of rotatable bonds is 6. The Morgan fingerprint density at radius 3 is 2.55 bits per heavy atom. The third kappa shape index (κ3) is 3.75. The van der Waals surface area contributed by atoms with Crippen LogP contribution >= 0.6 is 0 Å². The molecule has 3 aromatic rings. The number of ether oxygens (including phenoxy) is 1. The molecule has 1 saturated carbocycles. The summed E-state index contributed by atoms with van der Waals surface area (Å²) in [4.78, 5) is 32.0. The molecule has 1 heterocycles. The minimum atomic E-state index is -0.0850. The number of carbonyl (C=O) groups excluding carboxylic acids is 1. The van der Waals surface area contributed by atoms with Gasteiger partial charge in [0.25, 0.3) is 11.5 Å². The van der Waals surface area contributed by atoms with E-state index in [2.05, 4.69) is 4.98 Å². The normalized spacial score (nSPS) is 13.5. The number of nitrogens with zero attached hydrogens (tertiary/aromatic N) is 3. The van der Waals surface area contributed by atoms with E-state index in [1.165, 1.54) is 0 Å². The van der Waals surface area contributed by atoms with E-state index in [-0.39, 0.29) is 17.5 Å². The van der Waals surface area contributed by atoms with E-state index in [9.17, 15) is 9.59 Å². The standard InChI is InChI=1S/C23H25N3O3/c1-4-25-21-12-7-17(13-20(21)24-15(2)22(25)27)23(28)26(18-8-9-18)14-16-5-10-19(29-3)11-6-16/h5-7,10-13,18H,4,8-9,14H2,1-3H3. The summed E-state index contributed by atoms with van der Waals surface area (Å²) in [6.07, 6.45) is 2.06. The first-order valence-electron chi connectivity index (χ1n) is 9.97. The third-order valence-corrected chi connectivity index (χ3v) is 5.43. The van der Waals surface area contributed by atoms with Crippen molar-refractivity contribution in [3.63, 3.8) is 0 Å². The van der Waals surface area contributed by atoms with Crippen LogP contribution < -0.4 is 10.3 Å². The number of amides is 1. The summed E-state index contributed by atoms with van der Waals surface area (Å²) in [5.74, 6) is 0.801. The average Bonchev–Trinajstić information content (AvgIpc) is 3.58. The van der Waals surface area contributed by atoms with Crippen LogP contribution in [-0.4, -0.2) is 33.5 Å². The SMILES string of the molecule is CCn1c(=O)c(C)nc2cc(C(=O)N(Cc3ccc(OC)cc3)C3CC3)ccc21. The highest BCUT2D eigenvalue weighted by Crippen LogP contribution is 2.30. The number of hydrogen-bond donors (Lipinski definition) is 0. The molecule has 29 heavy (non-hydrogen) atoms. The van der Waals surface area contributed by atoms with Crippen LogP contribution in [0, 0.1) is 6.92 Å². The monoisotopic (exact) mass is 391 g/mol. The molecule has 0 aliphatic heterocycles. The molecule has 0 unspecified atom stereocenters. The largest absolute Gasteiger partial charge is 0.497 e. The van der Waals surface area contributed by atoms with Crippen LogP contribution in [0.15, 0.2) is 47.3 Å². The van der Waals surface area contributed by atoms with Crippen molar-refractivity contribution in [2.45, 2.75) is 45.8 Å². The van der Waals surface area contributed by atoms with Gasteiger partial charge in [-0.1, -0.05) is 12.1 Å². The summed E-state index contributed by atoms with van der Waals surface area (Å²) in [5.41, 5.74) is 3.47. The van der Waals surface area contributed by atoms with E-state index in [1.807, 2.05) is 42.2 Å². The Morgan fingerprint density at radius 1 is 1.21 bits per heavy atom. The van der Waals surface area contributed by atoms with Gasteiger partial charge in [0, 0.05) is 24.7 Å². The number of hydrogen-bond acceptors (Lipinski definition) is 4. The topological polar surface area (TPSA) is 64.4 Å². The van der Waals surface area contributed by atoms with Crippen molar-refractivity contribution in [2.75, 3.05) is 7.11 Å². The lowest BCUT2D eigenvalue weighted by molar-refractivity contribution is 0.0730. The van der Waals surface area contributed by atoms with E-state index in [0.717, 1.165) is 29.7 Å². The number of fused-ring (bicyclic) bond motifs is 1. The molecule has 0 spiro atoms. The predicted molar refractivity (Wildman–Crippen MR) is 112 cm³/mol. The number of aromatic nitrogens is 2. The maximum Gasteiger partial charge on any atom is 0.272 e. The molecule has 0 saturated heterocycles. The van der Waals surface area contributed by atoms with Gasteiger partial charge in [0.15, 0.2) is 0 Å². The molecule has 1 aromatic heterocycles. The van der Waals surface area contributed by atoms with Gasteiger partial charge < -0.3 is 14.2 Å². The number of benzene rings is 2. The van der Waals surface area contributed by atoms with Gasteiger partial charge in [0.1, 0.15) is 11.4 Å². The van der Waals surface area contributed by atoms with Gasteiger partial charge in [-0.2, -0.15) is 0 Å². The quantitative estimate of drug-likeness (QED) is 0.645. The van der Waals surface area contributed by atoms with Gasteiger partial charge in [-0.05, 0) is 62.6 Å². The number of methoxy groups -OCH3 is 1. The Morgan fingerprint density at radius 2 is 1.93 bits per heavy atom. The maximum atomic E-state index is 13.3. The fourth-order valence-corrected chi connectivity index (χ4v) is 3.67. The molecule has 4 rings (SSSR count). The van der Waals surface area contributed by atoms with E-state index < -0.39 is 0 Å². The Bertz CT molecular complexity index is 1110. The second-order valence-corrected chi connectivity index (χ2v) is 7.46. The van der Waals surface area contributed by atoms with Crippen LogP contribution in [0.4, 0.5) is 0 Å². The van der Waals surface area contributed by atoms with Gasteiger partial charge in [-0.3, -0.25) is 9.59 Å². The van der Waals surface area contributed by atoms with E-state index in [0.29, 0.717) is 29.9 Å². The van der Waals surface area contributed by atoms with Gasteiger partial charge in [-0.25, -0.2) is 4.98 Å². The number of carbonyl (C=O) groups is 1. The fourth-order valence-electron chi connectivity index (χ4n) is 3.67. The lowest BCUT2D eigenvalue weighted by Gasteiger charge is -2.23. The maximum absolute atomic E-state index is 13.3. The minimum absolute atomic E-state index is 0.00100. The van der Waals surface area contributed by atoms with E-state index in [4.69, 9.17) is 4.74 Å². The highest BCUT2D eigenvalue weighted by Gasteiger charge is 2.33. The first-order chi connectivity index (χ1) is 14.0.